The standard InChI is InChI=1S/C31H37F3N2O5S2/c1-22-12-14-26(42-22)20-35(17-16-23-13-15-28(40-2)29(18-23)41-3)30(37)21-36(25-9-5-4-6-10-25)43(38,39)27-11-7-8-24(19-27)31(32,33)34/h7-8,11-15,18-19,25H,4-6,9-10,16-17,20-21H2,1-3H3. The zero-order valence-electron chi connectivity index (χ0n) is 24.5. The van der Waals surface area contributed by atoms with Gasteiger partial charge in [0.05, 0.1) is 37.8 Å². The highest BCUT2D eigenvalue weighted by Gasteiger charge is 2.37. The summed E-state index contributed by atoms with van der Waals surface area (Å²) in [6, 6.07) is 12.7. The highest BCUT2D eigenvalue weighted by Crippen LogP contribution is 2.33. The molecule has 7 nitrogen and oxygen atoms in total. The van der Waals surface area contributed by atoms with E-state index in [0.29, 0.717) is 43.4 Å². The average Bonchev–Trinajstić information content (AvgIpc) is 3.41. The molecule has 0 unspecified atom stereocenters. The SMILES string of the molecule is COc1ccc(CCN(Cc2ccc(C)s2)C(=O)CN(C2CCCCC2)S(=O)(=O)c2cccc(C(F)(F)F)c2)cc1OC. The third-order valence-electron chi connectivity index (χ3n) is 7.65. The van der Waals surface area contributed by atoms with Crippen LogP contribution in [0.2, 0.25) is 0 Å². The Morgan fingerprint density at radius 1 is 0.977 bits per heavy atom. The van der Waals surface area contributed by atoms with Gasteiger partial charge in [0, 0.05) is 22.3 Å². The molecule has 0 radical (unpaired) electrons. The molecule has 1 aromatic heterocycles. The maximum absolute atomic E-state index is 14.0. The summed E-state index contributed by atoms with van der Waals surface area (Å²) in [6.07, 6.45) is -0.632. The van der Waals surface area contributed by atoms with Crippen molar-refractivity contribution in [2.75, 3.05) is 27.3 Å². The molecule has 0 spiro atoms. The van der Waals surface area contributed by atoms with Crippen LogP contribution in [-0.4, -0.2) is 56.9 Å². The lowest BCUT2D eigenvalue weighted by Crippen LogP contribution is -2.48. The number of sulfonamides is 1. The summed E-state index contributed by atoms with van der Waals surface area (Å²) in [5.41, 5.74) is -0.147. The fraction of sp³-hybridized carbons (Fsp3) is 0.452. The second kappa shape index (κ2) is 14.1. The summed E-state index contributed by atoms with van der Waals surface area (Å²) < 4.78 is 80.1. The monoisotopic (exact) mass is 638 g/mol. The predicted molar refractivity (Wildman–Crippen MR) is 160 cm³/mol. The van der Waals surface area contributed by atoms with Crippen molar-refractivity contribution >= 4 is 27.3 Å². The maximum Gasteiger partial charge on any atom is 0.416 e. The van der Waals surface area contributed by atoms with E-state index in [1.165, 1.54) is 0 Å². The second-order valence-corrected chi connectivity index (χ2v) is 13.9. The van der Waals surface area contributed by atoms with E-state index in [1.54, 1.807) is 36.5 Å². The van der Waals surface area contributed by atoms with Gasteiger partial charge in [0.2, 0.25) is 15.9 Å². The number of aryl methyl sites for hydroxylation is 1. The summed E-state index contributed by atoms with van der Waals surface area (Å²) in [6.45, 7) is 2.09. The van der Waals surface area contributed by atoms with Gasteiger partial charge in [-0.05, 0) is 74.2 Å². The summed E-state index contributed by atoms with van der Waals surface area (Å²) in [7, 11) is -1.32. The molecule has 1 aliphatic rings. The Morgan fingerprint density at radius 2 is 1.70 bits per heavy atom. The third-order valence-corrected chi connectivity index (χ3v) is 10.5. The fourth-order valence-corrected chi connectivity index (χ4v) is 7.92. The number of thiophene rings is 1. The number of alkyl halides is 3. The Balaban J connectivity index is 1.63. The van der Waals surface area contributed by atoms with Gasteiger partial charge >= 0.3 is 6.18 Å². The Kier molecular flexibility index (Phi) is 10.8. The first-order valence-corrected chi connectivity index (χ1v) is 16.4. The lowest BCUT2D eigenvalue weighted by molar-refractivity contribution is -0.137. The second-order valence-electron chi connectivity index (χ2n) is 10.6. The summed E-state index contributed by atoms with van der Waals surface area (Å²) in [5, 5.41) is 0. The van der Waals surface area contributed by atoms with Crippen LogP contribution in [0.25, 0.3) is 0 Å². The van der Waals surface area contributed by atoms with Crippen molar-refractivity contribution in [3.8, 4) is 11.5 Å². The van der Waals surface area contributed by atoms with Crippen LogP contribution in [0.4, 0.5) is 13.2 Å². The number of halogens is 3. The molecule has 1 heterocycles. The highest BCUT2D eigenvalue weighted by atomic mass is 32.2. The van der Waals surface area contributed by atoms with E-state index in [9.17, 15) is 26.4 Å². The van der Waals surface area contributed by atoms with Gasteiger partial charge in [-0.1, -0.05) is 31.4 Å². The van der Waals surface area contributed by atoms with Gasteiger partial charge in [-0.15, -0.1) is 11.3 Å². The van der Waals surface area contributed by atoms with Gasteiger partial charge in [-0.25, -0.2) is 8.42 Å². The number of hydrogen-bond acceptors (Lipinski definition) is 6. The van der Waals surface area contributed by atoms with Crippen molar-refractivity contribution in [2.45, 2.75) is 69.1 Å². The summed E-state index contributed by atoms with van der Waals surface area (Å²) >= 11 is 1.55. The van der Waals surface area contributed by atoms with E-state index in [2.05, 4.69) is 0 Å². The fourth-order valence-electron chi connectivity index (χ4n) is 5.33. The maximum atomic E-state index is 14.0. The van der Waals surface area contributed by atoms with Crippen LogP contribution in [0.1, 0.15) is 53.0 Å². The van der Waals surface area contributed by atoms with E-state index in [4.69, 9.17) is 9.47 Å². The number of amides is 1. The third kappa shape index (κ3) is 8.30. The van der Waals surface area contributed by atoms with Gasteiger partial charge in [-0.2, -0.15) is 17.5 Å². The molecule has 43 heavy (non-hydrogen) atoms. The normalized spacial score (nSPS) is 14.6. The number of methoxy groups -OCH3 is 2. The number of benzene rings is 2. The first-order chi connectivity index (χ1) is 20.4. The molecule has 234 valence electrons. The molecule has 1 fully saturated rings. The van der Waals surface area contributed by atoms with Crippen LogP contribution < -0.4 is 9.47 Å². The molecular weight excluding hydrogens is 601 g/mol. The molecule has 0 N–H and O–H groups in total. The van der Waals surface area contributed by atoms with Gasteiger partial charge < -0.3 is 14.4 Å². The number of hydrogen-bond donors (Lipinski definition) is 0. The van der Waals surface area contributed by atoms with Crippen molar-refractivity contribution in [1.82, 2.24) is 9.21 Å². The molecule has 0 saturated heterocycles. The summed E-state index contributed by atoms with van der Waals surface area (Å²) in [5.74, 6) is 0.728. The number of rotatable bonds is 12. The molecule has 1 saturated carbocycles. The minimum absolute atomic E-state index is 0.284. The zero-order chi connectivity index (χ0) is 31.2. The van der Waals surface area contributed by atoms with Crippen LogP contribution in [0.3, 0.4) is 0 Å². The Bertz CT molecular complexity index is 1500. The predicted octanol–water partition coefficient (Wildman–Crippen LogP) is 6.69. The van der Waals surface area contributed by atoms with Crippen LogP contribution >= 0.6 is 11.3 Å². The molecule has 4 rings (SSSR count). The van der Waals surface area contributed by atoms with E-state index in [1.807, 2.05) is 31.2 Å². The molecule has 1 amide bonds. The molecule has 0 bridgehead atoms. The van der Waals surface area contributed by atoms with Crippen molar-refractivity contribution in [1.29, 1.82) is 0 Å². The van der Waals surface area contributed by atoms with E-state index in [0.717, 1.165) is 57.1 Å². The molecule has 12 heteroatoms. The molecule has 0 atom stereocenters. The number of nitrogens with zero attached hydrogens (tertiary/aromatic N) is 2. The Morgan fingerprint density at radius 3 is 2.33 bits per heavy atom. The number of carbonyl (C=O) groups excluding carboxylic acids is 1. The first-order valence-electron chi connectivity index (χ1n) is 14.2. The van der Waals surface area contributed by atoms with Crippen LogP contribution in [0.15, 0.2) is 59.5 Å². The molecule has 0 aliphatic heterocycles. The van der Waals surface area contributed by atoms with Crippen molar-refractivity contribution in [3.63, 3.8) is 0 Å². The zero-order valence-corrected chi connectivity index (χ0v) is 26.2. The van der Waals surface area contributed by atoms with Gasteiger partial charge in [0.1, 0.15) is 0 Å². The van der Waals surface area contributed by atoms with Crippen LogP contribution in [0.5, 0.6) is 11.5 Å². The molecule has 3 aromatic rings. The number of carbonyl (C=O) groups is 1. The Hall–Kier alpha value is -3.09. The minimum Gasteiger partial charge on any atom is -0.493 e. The van der Waals surface area contributed by atoms with E-state index < -0.39 is 45.2 Å². The van der Waals surface area contributed by atoms with Gasteiger partial charge in [-0.3, -0.25) is 4.79 Å². The Labute approximate surface area is 255 Å². The van der Waals surface area contributed by atoms with Crippen molar-refractivity contribution in [3.05, 3.63) is 75.5 Å². The number of ether oxygens (including phenoxy) is 2. The van der Waals surface area contributed by atoms with Crippen LogP contribution in [-0.2, 0) is 34.0 Å². The van der Waals surface area contributed by atoms with E-state index in [-0.39, 0.29) is 6.54 Å². The summed E-state index contributed by atoms with van der Waals surface area (Å²) in [4.78, 5) is 17.1. The largest absolute Gasteiger partial charge is 0.493 e. The van der Waals surface area contributed by atoms with Gasteiger partial charge in [0.25, 0.3) is 0 Å². The molecular formula is C31H37F3N2O5S2. The lowest BCUT2D eigenvalue weighted by atomic mass is 9.95. The topological polar surface area (TPSA) is 76.2 Å². The highest BCUT2D eigenvalue weighted by molar-refractivity contribution is 7.89. The smallest absolute Gasteiger partial charge is 0.416 e. The van der Waals surface area contributed by atoms with E-state index >= 15 is 0 Å². The lowest BCUT2D eigenvalue weighted by Gasteiger charge is -2.34. The van der Waals surface area contributed by atoms with Crippen molar-refractivity contribution in [2.24, 2.45) is 0 Å². The molecule has 1 aliphatic carbocycles. The van der Waals surface area contributed by atoms with Gasteiger partial charge in [0.15, 0.2) is 11.5 Å². The quantitative estimate of drug-likeness (QED) is 0.221. The first kappa shape index (κ1) is 32.8. The average molecular weight is 639 g/mol. The van der Waals surface area contributed by atoms with Crippen molar-refractivity contribution < 1.29 is 35.9 Å². The van der Waals surface area contributed by atoms with Crippen LogP contribution in [0, 0.1) is 6.92 Å². The molecule has 2 aromatic carbocycles. The minimum atomic E-state index is -4.70.